The van der Waals surface area contributed by atoms with Crippen molar-refractivity contribution in [3.8, 4) is 0 Å². The molecule has 0 rings (SSSR count). The molecule has 94 valence electrons. The molecule has 0 atom stereocenters. The normalized spacial score (nSPS) is 12.2. The average molecular weight is 248 g/mol. The zero-order valence-electron chi connectivity index (χ0n) is 10.0. The van der Waals surface area contributed by atoms with Crippen molar-refractivity contribution < 1.29 is 13.2 Å². The third-order valence-corrected chi connectivity index (χ3v) is 4.44. The predicted molar refractivity (Wildman–Crippen MR) is 65.0 cm³/mol. The number of amides is 1. The van der Waals surface area contributed by atoms with Gasteiger partial charge in [0.05, 0.1) is 11.3 Å². The third kappa shape index (κ3) is 5.27. The van der Waals surface area contributed by atoms with Crippen molar-refractivity contribution in [2.75, 3.05) is 25.9 Å². The van der Waals surface area contributed by atoms with Crippen molar-refractivity contribution in [1.29, 1.82) is 0 Å². The van der Waals surface area contributed by atoms with Crippen LogP contribution in [0, 0.1) is 0 Å². The summed E-state index contributed by atoms with van der Waals surface area (Å²) in [6, 6.07) is 0. The summed E-state index contributed by atoms with van der Waals surface area (Å²) in [5.74, 6) is -0.224. The van der Waals surface area contributed by atoms with Gasteiger partial charge in [-0.05, 0) is 13.8 Å². The van der Waals surface area contributed by atoms with Crippen molar-refractivity contribution in [1.82, 2.24) is 10.6 Å². The predicted octanol–water partition coefficient (Wildman–Crippen LogP) is -0.299. The van der Waals surface area contributed by atoms with Crippen LogP contribution in [-0.2, 0) is 14.6 Å². The van der Waals surface area contributed by atoms with E-state index >= 15 is 0 Å². The first-order chi connectivity index (χ1) is 7.20. The highest BCUT2D eigenvalue weighted by Gasteiger charge is 2.30. The molecule has 6 heteroatoms. The fraction of sp³-hybridized carbons (Fsp3) is 0.700. The maximum atomic E-state index is 11.3. The second kappa shape index (κ2) is 6.00. The maximum absolute atomic E-state index is 11.3. The number of carbonyl (C=O) groups excluding carboxylic acids is 1. The van der Waals surface area contributed by atoms with E-state index in [-0.39, 0.29) is 19.0 Å². The number of carbonyl (C=O) groups is 1. The van der Waals surface area contributed by atoms with Crippen molar-refractivity contribution in [3.63, 3.8) is 0 Å². The van der Waals surface area contributed by atoms with E-state index in [0.717, 1.165) is 6.26 Å². The molecule has 0 aliphatic heterocycles. The maximum Gasteiger partial charge on any atom is 0.234 e. The highest BCUT2D eigenvalue weighted by Crippen LogP contribution is 2.12. The molecule has 0 radical (unpaired) electrons. The molecular weight excluding hydrogens is 228 g/mol. The van der Waals surface area contributed by atoms with E-state index in [2.05, 4.69) is 17.2 Å². The van der Waals surface area contributed by atoms with Gasteiger partial charge in [0.15, 0.2) is 9.84 Å². The topological polar surface area (TPSA) is 75.3 Å². The van der Waals surface area contributed by atoms with E-state index < -0.39 is 14.6 Å². The van der Waals surface area contributed by atoms with Crippen LogP contribution in [0.15, 0.2) is 12.7 Å². The van der Waals surface area contributed by atoms with Crippen LogP contribution in [0.3, 0.4) is 0 Å². The largest absolute Gasteiger partial charge is 0.353 e. The Morgan fingerprint density at radius 3 is 2.44 bits per heavy atom. The number of nitrogens with one attached hydrogen (secondary N) is 2. The highest BCUT2D eigenvalue weighted by atomic mass is 32.2. The number of rotatable bonds is 7. The monoisotopic (exact) mass is 248 g/mol. The molecule has 16 heavy (non-hydrogen) atoms. The smallest absolute Gasteiger partial charge is 0.234 e. The van der Waals surface area contributed by atoms with E-state index in [0.29, 0.717) is 6.54 Å². The Balaban J connectivity index is 4.06. The van der Waals surface area contributed by atoms with E-state index in [1.807, 2.05) is 0 Å². The molecule has 0 aromatic rings. The quantitative estimate of drug-likeness (QED) is 0.479. The lowest BCUT2D eigenvalue weighted by atomic mass is 10.2. The number of hydrogen-bond acceptors (Lipinski definition) is 4. The Morgan fingerprint density at radius 1 is 1.44 bits per heavy atom. The van der Waals surface area contributed by atoms with Gasteiger partial charge in [-0.25, -0.2) is 8.42 Å². The summed E-state index contributed by atoms with van der Waals surface area (Å²) < 4.78 is 21.7. The molecule has 0 unspecified atom stereocenters. The zero-order chi connectivity index (χ0) is 12.8. The van der Waals surface area contributed by atoms with Gasteiger partial charge in [-0.2, -0.15) is 0 Å². The van der Waals surface area contributed by atoms with Crippen molar-refractivity contribution in [2.45, 2.75) is 18.6 Å². The summed E-state index contributed by atoms with van der Waals surface area (Å²) in [6.07, 6.45) is 2.81. The van der Waals surface area contributed by atoms with Crippen LogP contribution in [0.25, 0.3) is 0 Å². The first-order valence-electron chi connectivity index (χ1n) is 4.98. The van der Waals surface area contributed by atoms with Crippen molar-refractivity contribution in [2.24, 2.45) is 0 Å². The Morgan fingerprint density at radius 2 is 2.00 bits per heavy atom. The van der Waals surface area contributed by atoms with Crippen molar-refractivity contribution >= 4 is 15.7 Å². The molecule has 0 aromatic carbocycles. The lowest BCUT2D eigenvalue weighted by Gasteiger charge is -2.22. The Labute approximate surface area is 97.2 Å². The van der Waals surface area contributed by atoms with Gasteiger partial charge in [-0.15, -0.1) is 6.58 Å². The molecule has 5 nitrogen and oxygen atoms in total. The Bertz CT molecular complexity index is 347. The van der Waals surface area contributed by atoms with Crippen LogP contribution in [0.4, 0.5) is 0 Å². The molecule has 0 fully saturated rings. The Hall–Kier alpha value is -0.880. The second-order valence-corrected chi connectivity index (χ2v) is 6.88. The highest BCUT2D eigenvalue weighted by molar-refractivity contribution is 7.92. The summed E-state index contributed by atoms with van der Waals surface area (Å²) >= 11 is 0. The number of hydrogen-bond donors (Lipinski definition) is 2. The van der Waals surface area contributed by atoms with Gasteiger partial charge in [0, 0.05) is 19.3 Å². The van der Waals surface area contributed by atoms with E-state index in [4.69, 9.17) is 0 Å². The van der Waals surface area contributed by atoms with E-state index in [1.54, 1.807) is 19.9 Å². The van der Waals surface area contributed by atoms with Gasteiger partial charge in [0.1, 0.15) is 0 Å². The lowest BCUT2D eigenvalue weighted by molar-refractivity contribution is -0.120. The molecule has 2 N–H and O–H groups in total. The standard InChI is InChI=1S/C10H20N2O3S/c1-5-6-11-7-9(13)12-8-10(2,3)16(4,14)15/h5,11H,1,6-8H2,2-4H3,(H,12,13). The van der Waals surface area contributed by atoms with Gasteiger partial charge in [0.25, 0.3) is 0 Å². The van der Waals surface area contributed by atoms with E-state index in [9.17, 15) is 13.2 Å². The summed E-state index contributed by atoms with van der Waals surface area (Å²) in [4.78, 5) is 11.3. The van der Waals surface area contributed by atoms with Gasteiger partial charge in [-0.1, -0.05) is 6.08 Å². The van der Waals surface area contributed by atoms with Crippen LogP contribution < -0.4 is 10.6 Å². The second-order valence-electron chi connectivity index (χ2n) is 4.23. The van der Waals surface area contributed by atoms with Gasteiger partial charge in [0.2, 0.25) is 5.91 Å². The summed E-state index contributed by atoms with van der Waals surface area (Å²) in [5.41, 5.74) is 0. The first-order valence-corrected chi connectivity index (χ1v) is 6.88. The van der Waals surface area contributed by atoms with Crippen LogP contribution in [0.1, 0.15) is 13.8 Å². The van der Waals surface area contributed by atoms with E-state index in [1.165, 1.54) is 0 Å². The first kappa shape index (κ1) is 15.1. The van der Waals surface area contributed by atoms with Gasteiger partial charge in [-0.3, -0.25) is 4.79 Å². The molecular formula is C10H20N2O3S. The minimum Gasteiger partial charge on any atom is -0.353 e. The third-order valence-electron chi connectivity index (χ3n) is 2.29. The molecule has 0 spiro atoms. The SMILES string of the molecule is C=CCNCC(=O)NCC(C)(C)S(C)(=O)=O. The summed E-state index contributed by atoms with van der Waals surface area (Å²) in [5, 5.41) is 5.40. The molecule has 0 saturated carbocycles. The molecule has 0 aliphatic rings. The fourth-order valence-corrected chi connectivity index (χ4v) is 1.13. The summed E-state index contributed by atoms with van der Waals surface area (Å²) in [7, 11) is -3.17. The minimum atomic E-state index is -3.17. The molecule has 1 amide bonds. The van der Waals surface area contributed by atoms with Crippen molar-refractivity contribution in [3.05, 3.63) is 12.7 Å². The van der Waals surface area contributed by atoms with Crippen LogP contribution in [-0.4, -0.2) is 45.0 Å². The zero-order valence-corrected chi connectivity index (χ0v) is 10.9. The van der Waals surface area contributed by atoms with Gasteiger partial charge >= 0.3 is 0 Å². The molecule has 0 bridgehead atoms. The average Bonchev–Trinajstić information content (AvgIpc) is 2.13. The van der Waals surface area contributed by atoms with Crippen LogP contribution >= 0.6 is 0 Å². The number of sulfone groups is 1. The summed E-state index contributed by atoms with van der Waals surface area (Å²) in [6.45, 7) is 7.48. The van der Waals surface area contributed by atoms with Gasteiger partial charge < -0.3 is 10.6 Å². The van der Waals surface area contributed by atoms with Crippen LogP contribution in [0.2, 0.25) is 0 Å². The molecule has 0 aromatic heterocycles. The van der Waals surface area contributed by atoms with Crippen LogP contribution in [0.5, 0.6) is 0 Å². The lowest BCUT2D eigenvalue weighted by Crippen LogP contribution is -2.46. The molecule has 0 aliphatic carbocycles. The Kier molecular flexibility index (Phi) is 5.67. The fourth-order valence-electron chi connectivity index (χ4n) is 0.793. The minimum absolute atomic E-state index is 0.112. The molecule has 0 heterocycles. The molecule has 0 saturated heterocycles.